The molecule has 2 N–H and O–H groups in total. The molecule has 1 saturated carbocycles. The minimum atomic E-state index is -1.08. The molecule has 9 heteroatoms. The van der Waals surface area contributed by atoms with Gasteiger partial charge in [0.25, 0.3) is 0 Å². The van der Waals surface area contributed by atoms with E-state index in [1.807, 2.05) is 6.07 Å². The largest absolute Gasteiger partial charge is 0.478 e. The Labute approximate surface area is 215 Å². The summed E-state index contributed by atoms with van der Waals surface area (Å²) in [5, 5.41) is 21.6. The molecular weight excluding hydrogens is 477 g/mol. The molecule has 0 spiro atoms. The van der Waals surface area contributed by atoms with Crippen molar-refractivity contribution >= 4 is 18.0 Å². The summed E-state index contributed by atoms with van der Waals surface area (Å²) in [4.78, 5) is 38.8. The molecule has 2 amide bonds. The van der Waals surface area contributed by atoms with Gasteiger partial charge in [-0.05, 0) is 80.8 Å². The van der Waals surface area contributed by atoms with Crippen LogP contribution in [0.4, 0.5) is 9.18 Å². The second-order valence-electron chi connectivity index (χ2n) is 10.6. The lowest BCUT2D eigenvalue weighted by atomic mass is 9.96. The van der Waals surface area contributed by atoms with Crippen molar-refractivity contribution in [2.45, 2.75) is 70.2 Å². The standard InChI is InChI=1S/C28H30FN3O5/c1-28(2,3)37-27(36)32-22-10-9-19(13-22)24(32)25(33)31-21(15-30)12-18-8-7-17(14-23(18)29)16-5-4-6-20(11-16)26(34)35/h4-8,11,14,19,21-22,24H,9-10,12-13H2,1-3H3,(H,31,33)(H,34,35)/t19-,21-,22+,24-/m0/s1. The summed E-state index contributed by atoms with van der Waals surface area (Å²) in [6.45, 7) is 5.30. The first kappa shape index (κ1) is 26.1. The van der Waals surface area contributed by atoms with E-state index in [0.29, 0.717) is 17.5 Å². The number of carboxylic acid groups (broad SMARTS) is 1. The van der Waals surface area contributed by atoms with Gasteiger partial charge in [-0.15, -0.1) is 0 Å². The van der Waals surface area contributed by atoms with Gasteiger partial charge >= 0.3 is 12.1 Å². The fourth-order valence-corrected chi connectivity index (χ4v) is 5.23. The molecule has 4 rings (SSSR count). The maximum absolute atomic E-state index is 15.0. The zero-order valence-electron chi connectivity index (χ0n) is 21.0. The van der Waals surface area contributed by atoms with E-state index in [1.165, 1.54) is 29.2 Å². The van der Waals surface area contributed by atoms with Crippen LogP contribution in [0, 0.1) is 23.1 Å². The monoisotopic (exact) mass is 507 g/mol. The first-order chi connectivity index (χ1) is 17.5. The van der Waals surface area contributed by atoms with Crippen LogP contribution in [0.15, 0.2) is 42.5 Å². The maximum atomic E-state index is 15.0. The SMILES string of the molecule is CC(C)(C)OC(=O)N1[C@@H]2CC[C@@H](C2)[C@H]1C(=O)N[C@H](C#N)Cc1ccc(-c2cccc(C(=O)O)c2)cc1F. The van der Waals surface area contributed by atoms with Crippen LogP contribution in [-0.4, -0.2) is 51.7 Å². The Hall–Kier alpha value is -3.93. The number of halogens is 1. The van der Waals surface area contributed by atoms with Crippen LogP contribution in [0.25, 0.3) is 11.1 Å². The molecule has 0 aromatic heterocycles. The molecule has 1 aliphatic carbocycles. The van der Waals surface area contributed by atoms with E-state index in [9.17, 15) is 29.1 Å². The number of amides is 2. The summed E-state index contributed by atoms with van der Waals surface area (Å²) in [5.74, 6) is -2.09. The molecule has 2 bridgehead atoms. The Balaban J connectivity index is 1.46. The second kappa shape index (κ2) is 10.2. The van der Waals surface area contributed by atoms with Gasteiger partial charge in [-0.1, -0.05) is 24.3 Å². The highest BCUT2D eigenvalue weighted by Crippen LogP contribution is 2.43. The highest BCUT2D eigenvalue weighted by Gasteiger charge is 2.52. The normalized spacial score (nSPS) is 21.3. The minimum Gasteiger partial charge on any atom is -0.478 e. The van der Waals surface area contributed by atoms with Gasteiger partial charge in [0.2, 0.25) is 5.91 Å². The third kappa shape index (κ3) is 5.74. The van der Waals surface area contributed by atoms with Gasteiger partial charge in [-0.25, -0.2) is 14.0 Å². The second-order valence-corrected chi connectivity index (χ2v) is 10.6. The highest BCUT2D eigenvalue weighted by atomic mass is 19.1. The first-order valence-electron chi connectivity index (χ1n) is 12.3. The molecule has 37 heavy (non-hydrogen) atoms. The number of nitrogens with zero attached hydrogens (tertiary/aromatic N) is 2. The van der Waals surface area contributed by atoms with Crippen LogP contribution in [-0.2, 0) is 16.0 Å². The lowest BCUT2D eigenvalue weighted by molar-refractivity contribution is -0.128. The Morgan fingerprint density at radius 1 is 1.19 bits per heavy atom. The van der Waals surface area contributed by atoms with E-state index >= 15 is 0 Å². The van der Waals surface area contributed by atoms with Gasteiger partial charge in [0.05, 0.1) is 11.6 Å². The number of hydrogen-bond acceptors (Lipinski definition) is 5. The van der Waals surface area contributed by atoms with Gasteiger partial charge in [-0.2, -0.15) is 5.26 Å². The first-order valence-corrected chi connectivity index (χ1v) is 12.3. The number of carbonyl (C=O) groups is 3. The van der Waals surface area contributed by atoms with Crippen molar-refractivity contribution in [2.24, 2.45) is 5.92 Å². The van der Waals surface area contributed by atoms with Crippen LogP contribution in [0.3, 0.4) is 0 Å². The molecule has 0 radical (unpaired) electrons. The van der Waals surface area contributed by atoms with Crippen LogP contribution >= 0.6 is 0 Å². The molecule has 1 aliphatic heterocycles. The lowest BCUT2D eigenvalue weighted by Crippen LogP contribution is -2.55. The summed E-state index contributed by atoms with van der Waals surface area (Å²) < 4.78 is 20.5. The van der Waals surface area contributed by atoms with Crippen LogP contribution < -0.4 is 5.32 Å². The Morgan fingerprint density at radius 2 is 1.92 bits per heavy atom. The number of aromatic carboxylic acids is 1. The zero-order valence-corrected chi connectivity index (χ0v) is 21.0. The summed E-state index contributed by atoms with van der Waals surface area (Å²) in [6, 6.07) is 10.9. The zero-order chi connectivity index (χ0) is 26.9. The predicted octanol–water partition coefficient (Wildman–Crippen LogP) is 4.53. The average Bonchev–Trinajstić information content (AvgIpc) is 3.45. The summed E-state index contributed by atoms with van der Waals surface area (Å²) in [6.07, 6.45) is 1.74. The average molecular weight is 508 g/mol. The molecule has 194 valence electrons. The quantitative estimate of drug-likeness (QED) is 0.593. The van der Waals surface area contributed by atoms with E-state index in [2.05, 4.69) is 5.32 Å². The number of carbonyl (C=O) groups excluding carboxylic acids is 2. The topological polar surface area (TPSA) is 120 Å². The van der Waals surface area contributed by atoms with Crippen molar-refractivity contribution in [2.75, 3.05) is 0 Å². The number of carboxylic acids is 1. The molecule has 2 aromatic carbocycles. The molecule has 2 fully saturated rings. The third-order valence-corrected chi connectivity index (χ3v) is 6.85. The van der Waals surface area contributed by atoms with Crippen molar-refractivity contribution in [3.8, 4) is 17.2 Å². The number of benzene rings is 2. The third-order valence-electron chi connectivity index (χ3n) is 6.85. The van der Waals surface area contributed by atoms with E-state index in [0.717, 1.165) is 12.8 Å². The number of nitriles is 1. The van der Waals surface area contributed by atoms with E-state index < -0.39 is 41.5 Å². The Morgan fingerprint density at radius 3 is 2.57 bits per heavy atom. The minimum absolute atomic E-state index is 0.00514. The Bertz CT molecular complexity index is 1270. The van der Waals surface area contributed by atoms with Gasteiger partial charge < -0.3 is 15.2 Å². The summed E-state index contributed by atoms with van der Waals surface area (Å²) >= 11 is 0. The smallest absolute Gasteiger partial charge is 0.411 e. The molecule has 2 aliphatic rings. The fraction of sp³-hybridized carbons (Fsp3) is 0.429. The number of nitrogens with one attached hydrogen (secondary N) is 1. The van der Waals surface area contributed by atoms with Crippen molar-refractivity contribution < 1.29 is 28.6 Å². The van der Waals surface area contributed by atoms with Gasteiger partial charge in [0.1, 0.15) is 23.5 Å². The number of hydrogen-bond donors (Lipinski definition) is 2. The molecule has 1 heterocycles. The van der Waals surface area contributed by atoms with E-state index in [1.54, 1.807) is 39.0 Å². The molecule has 1 saturated heterocycles. The maximum Gasteiger partial charge on any atom is 0.411 e. The predicted molar refractivity (Wildman–Crippen MR) is 133 cm³/mol. The molecule has 0 unspecified atom stereocenters. The molecule has 4 atom stereocenters. The molecule has 8 nitrogen and oxygen atoms in total. The summed E-state index contributed by atoms with van der Waals surface area (Å²) in [7, 11) is 0. The molecular formula is C28H30FN3O5. The number of piperidine rings is 1. The number of rotatable bonds is 6. The number of ether oxygens (including phenoxy) is 1. The number of likely N-dealkylation sites (tertiary alicyclic amines) is 1. The van der Waals surface area contributed by atoms with Gasteiger partial charge in [-0.3, -0.25) is 9.69 Å². The van der Waals surface area contributed by atoms with E-state index in [-0.39, 0.29) is 29.5 Å². The van der Waals surface area contributed by atoms with Crippen molar-refractivity contribution in [1.82, 2.24) is 10.2 Å². The van der Waals surface area contributed by atoms with Crippen LogP contribution in [0.5, 0.6) is 0 Å². The van der Waals surface area contributed by atoms with Crippen molar-refractivity contribution in [3.05, 3.63) is 59.4 Å². The Kier molecular flexibility index (Phi) is 7.21. The van der Waals surface area contributed by atoms with Crippen molar-refractivity contribution in [1.29, 1.82) is 5.26 Å². The van der Waals surface area contributed by atoms with Gasteiger partial charge in [0, 0.05) is 12.5 Å². The van der Waals surface area contributed by atoms with E-state index in [4.69, 9.17) is 4.74 Å². The fourth-order valence-electron chi connectivity index (χ4n) is 5.23. The summed E-state index contributed by atoms with van der Waals surface area (Å²) in [5.41, 5.74) is 0.677. The van der Waals surface area contributed by atoms with Gasteiger partial charge in [0.15, 0.2) is 0 Å². The van der Waals surface area contributed by atoms with Crippen LogP contribution in [0.1, 0.15) is 56.0 Å². The molecule has 2 aromatic rings. The van der Waals surface area contributed by atoms with Crippen LogP contribution in [0.2, 0.25) is 0 Å². The number of fused-ring (bicyclic) bond motifs is 2. The van der Waals surface area contributed by atoms with Crippen molar-refractivity contribution in [3.63, 3.8) is 0 Å². The lowest BCUT2D eigenvalue weighted by Gasteiger charge is -2.35. The highest BCUT2D eigenvalue weighted by molar-refractivity contribution is 5.89.